The van der Waals surface area contributed by atoms with E-state index in [1.54, 1.807) is 30.2 Å². The summed E-state index contributed by atoms with van der Waals surface area (Å²) in [5.41, 5.74) is 2.05. The maximum Gasteiger partial charge on any atom is 0.416 e. The van der Waals surface area contributed by atoms with E-state index in [0.29, 0.717) is 5.56 Å². The second-order valence-electron chi connectivity index (χ2n) is 7.66. The number of aromatic nitrogens is 4. The van der Waals surface area contributed by atoms with Crippen molar-refractivity contribution < 1.29 is 13.2 Å². The Hall–Kier alpha value is -2.65. The Morgan fingerprint density at radius 3 is 2.59 bits per heavy atom. The molecule has 168 valence electrons. The van der Waals surface area contributed by atoms with Gasteiger partial charge in [-0.2, -0.15) is 13.2 Å². The van der Waals surface area contributed by atoms with Crippen molar-refractivity contribution in [3.05, 3.63) is 66.0 Å². The van der Waals surface area contributed by atoms with Crippen LogP contribution in [0.4, 0.5) is 13.2 Å². The van der Waals surface area contributed by atoms with Crippen molar-refractivity contribution in [2.24, 2.45) is 7.05 Å². The van der Waals surface area contributed by atoms with Gasteiger partial charge < -0.3 is 4.57 Å². The predicted octanol–water partition coefficient (Wildman–Crippen LogP) is 5.17. The fraction of sp³-hybridized carbons (Fsp3) is 0.348. The molecular formula is C23H24F3N5S. The van der Waals surface area contributed by atoms with E-state index in [4.69, 9.17) is 0 Å². The molecule has 0 amide bonds. The molecular weight excluding hydrogens is 435 g/mol. The highest BCUT2D eigenvalue weighted by Gasteiger charge is 2.30. The molecule has 4 rings (SSSR count). The first-order valence-electron chi connectivity index (χ1n) is 10.4. The third kappa shape index (κ3) is 5.39. The van der Waals surface area contributed by atoms with Crippen LogP contribution in [0.3, 0.4) is 0 Å². The molecule has 0 saturated carbocycles. The molecule has 0 unspecified atom stereocenters. The molecule has 0 atom stereocenters. The van der Waals surface area contributed by atoms with Gasteiger partial charge in [-0.3, -0.25) is 9.88 Å². The van der Waals surface area contributed by atoms with Gasteiger partial charge in [0, 0.05) is 43.8 Å². The molecule has 1 aromatic carbocycles. The second kappa shape index (κ2) is 9.87. The molecule has 1 aliphatic rings. The Kier molecular flexibility index (Phi) is 6.95. The summed E-state index contributed by atoms with van der Waals surface area (Å²) in [7, 11) is 1.96. The lowest BCUT2D eigenvalue weighted by Gasteiger charge is -2.26. The first kappa shape index (κ1) is 22.5. The van der Waals surface area contributed by atoms with Crippen LogP contribution < -0.4 is 0 Å². The van der Waals surface area contributed by atoms with Crippen molar-refractivity contribution in [1.29, 1.82) is 0 Å². The average molecular weight is 460 g/mol. The Morgan fingerprint density at radius 2 is 1.88 bits per heavy atom. The van der Waals surface area contributed by atoms with Crippen LogP contribution in [0, 0.1) is 0 Å². The summed E-state index contributed by atoms with van der Waals surface area (Å²) < 4.78 is 40.9. The van der Waals surface area contributed by atoms with Crippen LogP contribution in [-0.2, 0) is 13.2 Å². The van der Waals surface area contributed by atoms with E-state index in [1.165, 1.54) is 12.1 Å². The van der Waals surface area contributed by atoms with Crippen molar-refractivity contribution in [3.8, 4) is 11.4 Å². The smallest absolute Gasteiger partial charge is 0.305 e. The predicted molar refractivity (Wildman–Crippen MR) is 120 cm³/mol. The Bertz CT molecular complexity index is 1080. The number of pyridine rings is 1. The van der Waals surface area contributed by atoms with Crippen LogP contribution in [0.15, 0.2) is 60.0 Å². The topological polar surface area (TPSA) is 46.8 Å². The summed E-state index contributed by atoms with van der Waals surface area (Å²) in [4.78, 5) is 6.36. The molecule has 0 spiro atoms. The molecule has 0 fully saturated rings. The Balaban J connectivity index is 1.26. The minimum Gasteiger partial charge on any atom is -0.305 e. The monoisotopic (exact) mass is 459 g/mol. The molecule has 0 N–H and O–H groups in total. The average Bonchev–Trinajstić information content (AvgIpc) is 3.17. The van der Waals surface area contributed by atoms with Crippen molar-refractivity contribution in [2.75, 3.05) is 25.4 Å². The highest BCUT2D eigenvalue weighted by molar-refractivity contribution is 7.99. The van der Waals surface area contributed by atoms with Gasteiger partial charge in [-0.05, 0) is 54.8 Å². The van der Waals surface area contributed by atoms with Crippen LogP contribution in [0.1, 0.15) is 24.0 Å². The van der Waals surface area contributed by atoms with Gasteiger partial charge >= 0.3 is 6.18 Å². The maximum atomic E-state index is 13.0. The zero-order valence-electron chi connectivity index (χ0n) is 17.7. The summed E-state index contributed by atoms with van der Waals surface area (Å²) in [6.07, 6.45) is 2.97. The van der Waals surface area contributed by atoms with Gasteiger partial charge in [-0.25, -0.2) is 0 Å². The largest absolute Gasteiger partial charge is 0.416 e. The molecule has 2 aromatic heterocycles. The lowest BCUT2D eigenvalue weighted by atomic mass is 9.97. The fourth-order valence-electron chi connectivity index (χ4n) is 3.72. The van der Waals surface area contributed by atoms with Gasteiger partial charge in [0.2, 0.25) is 0 Å². The van der Waals surface area contributed by atoms with Crippen molar-refractivity contribution >= 4 is 17.3 Å². The van der Waals surface area contributed by atoms with Crippen LogP contribution in [0.25, 0.3) is 17.0 Å². The lowest BCUT2D eigenvalue weighted by Crippen LogP contribution is -2.29. The van der Waals surface area contributed by atoms with E-state index in [9.17, 15) is 13.2 Å². The molecule has 0 radical (unpaired) electrons. The highest BCUT2D eigenvalue weighted by Crippen LogP contribution is 2.32. The number of rotatable bonds is 7. The van der Waals surface area contributed by atoms with Gasteiger partial charge in [0.25, 0.3) is 0 Å². The summed E-state index contributed by atoms with van der Waals surface area (Å²) in [5.74, 6) is 1.74. The number of halogens is 3. The molecule has 5 nitrogen and oxygen atoms in total. The molecule has 32 heavy (non-hydrogen) atoms. The summed E-state index contributed by atoms with van der Waals surface area (Å²) in [5, 5.41) is 9.46. The van der Waals surface area contributed by atoms with Crippen molar-refractivity contribution in [2.45, 2.75) is 24.2 Å². The number of alkyl halides is 3. The van der Waals surface area contributed by atoms with Gasteiger partial charge in [0.15, 0.2) is 11.0 Å². The zero-order chi connectivity index (χ0) is 22.6. The number of hydrogen-bond donors (Lipinski definition) is 0. The Labute approximate surface area is 189 Å². The van der Waals surface area contributed by atoms with Gasteiger partial charge in [-0.1, -0.05) is 30.0 Å². The molecule has 0 saturated heterocycles. The molecule has 0 bridgehead atoms. The van der Waals surface area contributed by atoms with Crippen LogP contribution >= 0.6 is 11.8 Å². The molecule has 3 aromatic rings. The van der Waals surface area contributed by atoms with Crippen LogP contribution in [0.2, 0.25) is 0 Å². The molecule has 9 heteroatoms. The van der Waals surface area contributed by atoms with Gasteiger partial charge in [-0.15, -0.1) is 10.2 Å². The summed E-state index contributed by atoms with van der Waals surface area (Å²) >= 11 is 1.68. The first-order valence-corrected chi connectivity index (χ1v) is 11.4. The van der Waals surface area contributed by atoms with E-state index >= 15 is 0 Å². The zero-order valence-corrected chi connectivity index (χ0v) is 18.5. The summed E-state index contributed by atoms with van der Waals surface area (Å²) in [6.45, 7) is 2.55. The van der Waals surface area contributed by atoms with E-state index in [-0.39, 0.29) is 0 Å². The van der Waals surface area contributed by atoms with Crippen LogP contribution in [0.5, 0.6) is 0 Å². The first-order chi connectivity index (χ1) is 15.4. The summed E-state index contributed by atoms with van der Waals surface area (Å²) in [6, 6.07) is 9.43. The number of hydrogen-bond acceptors (Lipinski definition) is 5. The van der Waals surface area contributed by atoms with Crippen molar-refractivity contribution in [3.63, 3.8) is 0 Å². The Morgan fingerprint density at radius 1 is 1.06 bits per heavy atom. The SMILES string of the molecule is Cn1c(SCCCN2CC=C(c3cccc(C(F)(F)F)c3)CC2)nnc1-c1ccncc1. The van der Waals surface area contributed by atoms with Gasteiger partial charge in [0.1, 0.15) is 0 Å². The number of nitrogens with zero attached hydrogens (tertiary/aromatic N) is 5. The van der Waals surface area contributed by atoms with E-state index in [1.807, 2.05) is 23.7 Å². The normalized spacial score (nSPS) is 15.1. The van der Waals surface area contributed by atoms with E-state index in [0.717, 1.165) is 66.4 Å². The third-order valence-corrected chi connectivity index (χ3v) is 6.58. The number of thioether (sulfide) groups is 1. The molecule has 1 aliphatic heterocycles. The fourth-order valence-corrected chi connectivity index (χ4v) is 4.55. The third-order valence-electron chi connectivity index (χ3n) is 5.48. The number of benzene rings is 1. The van der Waals surface area contributed by atoms with E-state index < -0.39 is 11.7 Å². The van der Waals surface area contributed by atoms with E-state index in [2.05, 4.69) is 26.2 Å². The minimum absolute atomic E-state index is 0.591. The van der Waals surface area contributed by atoms with Crippen LogP contribution in [-0.4, -0.2) is 50.0 Å². The maximum absolute atomic E-state index is 13.0. The standard InChI is InChI=1S/C23H24F3N5S/c1-30-21(18-6-10-27-11-7-18)28-29-22(30)32-15-3-12-31-13-8-17(9-14-31)19-4-2-5-20(16-19)23(24,25)26/h2,4-8,10-11,16H,3,9,12-15H2,1H3. The highest BCUT2D eigenvalue weighted by atomic mass is 32.2. The second-order valence-corrected chi connectivity index (χ2v) is 8.72. The quantitative estimate of drug-likeness (QED) is 0.361. The molecule has 0 aliphatic carbocycles. The van der Waals surface area contributed by atoms with Crippen molar-refractivity contribution in [1.82, 2.24) is 24.6 Å². The lowest BCUT2D eigenvalue weighted by molar-refractivity contribution is -0.137. The minimum atomic E-state index is -4.31. The molecule has 3 heterocycles. The van der Waals surface area contributed by atoms with Gasteiger partial charge in [0.05, 0.1) is 5.56 Å².